The molecule has 2 aromatic rings. The number of hydrogen-bond acceptors (Lipinski definition) is 3. The highest BCUT2D eigenvalue weighted by Gasteiger charge is 2.33. The van der Waals surface area contributed by atoms with Crippen molar-refractivity contribution in [2.75, 3.05) is 5.32 Å². The van der Waals surface area contributed by atoms with E-state index in [0.29, 0.717) is 12.1 Å². The minimum absolute atomic E-state index is 0.318. The van der Waals surface area contributed by atoms with Gasteiger partial charge in [0.1, 0.15) is 5.82 Å². The highest BCUT2D eigenvalue weighted by Crippen LogP contribution is 2.31. The summed E-state index contributed by atoms with van der Waals surface area (Å²) in [5, 5.41) is 15.0. The normalized spacial score (nSPS) is 19.0. The largest absolute Gasteiger partial charge is 0.390 e. The van der Waals surface area contributed by atoms with Crippen molar-refractivity contribution in [2.24, 2.45) is 0 Å². The van der Waals surface area contributed by atoms with Gasteiger partial charge < -0.3 is 15.7 Å². The van der Waals surface area contributed by atoms with Gasteiger partial charge in [0.2, 0.25) is 0 Å². The van der Waals surface area contributed by atoms with Crippen LogP contribution in [0.2, 0.25) is 0 Å². The molecule has 0 spiro atoms. The number of anilines is 1. The number of carbonyl (C=O) groups is 2. The van der Waals surface area contributed by atoms with Crippen molar-refractivity contribution in [2.45, 2.75) is 18.6 Å². The van der Waals surface area contributed by atoms with Gasteiger partial charge in [0.15, 0.2) is 0 Å². The molecular formula is C17H15FN2O3. The molecule has 0 heterocycles. The molecule has 0 bridgehead atoms. The SMILES string of the molecule is O=C(Nc1ccc(F)cc1)C(=O)NC1c2ccccc2CC1O. The number of amides is 2. The summed E-state index contributed by atoms with van der Waals surface area (Å²) >= 11 is 0. The maximum Gasteiger partial charge on any atom is 0.313 e. The van der Waals surface area contributed by atoms with Gasteiger partial charge in [-0.1, -0.05) is 24.3 Å². The van der Waals surface area contributed by atoms with Crippen LogP contribution in [0.25, 0.3) is 0 Å². The van der Waals surface area contributed by atoms with Gasteiger partial charge in [0.25, 0.3) is 0 Å². The van der Waals surface area contributed by atoms with Crippen molar-refractivity contribution in [1.29, 1.82) is 0 Å². The van der Waals surface area contributed by atoms with E-state index in [1.54, 1.807) is 0 Å². The van der Waals surface area contributed by atoms with E-state index in [1.807, 2.05) is 24.3 Å². The van der Waals surface area contributed by atoms with Crippen molar-refractivity contribution in [3.8, 4) is 0 Å². The summed E-state index contributed by atoms with van der Waals surface area (Å²) in [6.45, 7) is 0. The molecule has 23 heavy (non-hydrogen) atoms. The van der Waals surface area contributed by atoms with Crippen LogP contribution >= 0.6 is 0 Å². The van der Waals surface area contributed by atoms with Crippen LogP contribution in [0.5, 0.6) is 0 Å². The molecule has 6 heteroatoms. The van der Waals surface area contributed by atoms with E-state index in [0.717, 1.165) is 11.1 Å². The lowest BCUT2D eigenvalue weighted by Crippen LogP contribution is -2.40. The van der Waals surface area contributed by atoms with Crippen LogP contribution in [-0.4, -0.2) is 23.0 Å². The summed E-state index contributed by atoms with van der Waals surface area (Å²) in [5.74, 6) is -2.15. The van der Waals surface area contributed by atoms with E-state index in [-0.39, 0.29) is 0 Å². The van der Waals surface area contributed by atoms with Crippen molar-refractivity contribution in [3.63, 3.8) is 0 Å². The number of aliphatic hydroxyl groups excluding tert-OH is 1. The number of halogens is 1. The molecule has 0 fully saturated rings. The van der Waals surface area contributed by atoms with Crippen molar-refractivity contribution in [3.05, 3.63) is 65.5 Å². The Morgan fingerprint density at radius 1 is 1.04 bits per heavy atom. The van der Waals surface area contributed by atoms with Gasteiger partial charge in [-0.25, -0.2) is 4.39 Å². The fourth-order valence-corrected chi connectivity index (χ4v) is 2.68. The highest BCUT2D eigenvalue weighted by atomic mass is 19.1. The zero-order valence-electron chi connectivity index (χ0n) is 12.1. The lowest BCUT2D eigenvalue weighted by atomic mass is 10.1. The molecule has 2 atom stereocenters. The van der Waals surface area contributed by atoms with Crippen LogP contribution < -0.4 is 10.6 Å². The van der Waals surface area contributed by atoms with Gasteiger partial charge in [-0.15, -0.1) is 0 Å². The van der Waals surface area contributed by atoms with Crippen LogP contribution in [0.15, 0.2) is 48.5 Å². The Morgan fingerprint density at radius 3 is 2.48 bits per heavy atom. The van der Waals surface area contributed by atoms with Gasteiger partial charge in [-0.3, -0.25) is 9.59 Å². The monoisotopic (exact) mass is 314 g/mol. The third kappa shape index (κ3) is 3.22. The van der Waals surface area contributed by atoms with Crippen molar-refractivity contribution >= 4 is 17.5 Å². The first-order valence-electron chi connectivity index (χ1n) is 7.18. The zero-order chi connectivity index (χ0) is 16.4. The van der Waals surface area contributed by atoms with Crippen molar-refractivity contribution < 1.29 is 19.1 Å². The second-order valence-electron chi connectivity index (χ2n) is 5.38. The van der Waals surface area contributed by atoms with Gasteiger partial charge in [-0.2, -0.15) is 0 Å². The molecule has 0 saturated carbocycles. The summed E-state index contributed by atoms with van der Waals surface area (Å²) < 4.78 is 12.8. The second kappa shape index (κ2) is 6.18. The Morgan fingerprint density at radius 2 is 1.74 bits per heavy atom. The fourth-order valence-electron chi connectivity index (χ4n) is 2.68. The fraction of sp³-hybridized carbons (Fsp3) is 0.176. The first kappa shape index (κ1) is 15.2. The number of hydrogen-bond donors (Lipinski definition) is 3. The zero-order valence-corrected chi connectivity index (χ0v) is 12.1. The molecule has 0 aromatic heterocycles. The third-order valence-electron chi connectivity index (χ3n) is 3.80. The molecule has 3 N–H and O–H groups in total. The minimum Gasteiger partial charge on any atom is -0.390 e. The maximum absolute atomic E-state index is 12.8. The molecule has 0 saturated heterocycles. The highest BCUT2D eigenvalue weighted by molar-refractivity contribution is 6.39. The molecule has 118 valence electrons. The number of nitrogens with one attached hydrogen (secondary N) is 2. The molecule has 1 aliphatic rings. The van der Waals surface area contributed by atoms with Gasteiger partial charge in [0, 0.05) is 12.1 Å². The lowest BCUT2D eigenvalue weighted by molar-refractivity contribution is -0.137. The topological polar surface area (TPSA) is 78.4 Å². The molecule has 2 amide bonds. The molecular weight excluding hydrogens is 299 g/mol. The number of aliphatic hydroxyl groups is 1. The maximum atomic E-state index is 12.8. The van der Waals surface area contributed by atoms with E-state index >= 15 is 0 Å². The number of fused-ring (bicyclic) bond motifs is 1. The smallest absolute Gasteiger partial charge is 0.313 e. The molecule has 0 aliphatic heterocycles. The first-order chi connectivity index (χ1) is 11.0. The molecule has 2 unspecified atom stereocenters. The molecule has 2 aromatic carbocycles. The molecule has 0 radical (unpaired) electrons. The Bertz CT molecular complexity index is 746. The lowest BCUT2D eigenvalue weighted by Gasteiger charge is -2.17. The van der Waals surface area contributed by atoms with Gasteiger partial charge in [-0.05, 0) is 35.4 Å². The predicted molar refractivity (Wildman–Crippen MR) is 82.1 cm³/mol. The molecule has 3 rings (SSSR count). The van der Waals surface area contributed by atoms with Crippen LogP contribution in [0.4, 0.5) is 10.1 Å². The molecule has 5 nitrogen and oxygen atoms in total. The number of rotatable bonds is 2. The summed E-state index contributed by atoms with van der Waals surface area (Å²) in [4.78, 5) is 23.9. The average molecular weight is 314 g/mol. The second-order valence-corrected chi connectivity index (χ2v) is 5.38. The minimum atomic E-state index is -0.867. The van der Waals surface area contributed by atoms with E-state index in [1.165, 1.54) is 24.3 Å². The Kier molecular flexibility index (Phi) is 4.08. The van der Waals surface area contributed by atoms with E-state index in [4.69, 9.17) is 0 Å². The third-order valence-corrected chi connectivity index (χ3v) is 3.80. The van der Waals surface area contributed by atoms with Crippen LogP contribution in [0, 0.1) is 5.82 Å². The summed E-state index contributed by atoms with van der Waals surface area (Å²) in [7, 11) is 0. The molecule has 1 aliphatic carbocycles. The van der Waals surface area contributed by atoms with Crippen LogP contribution in [-0.2, 0) is 16.0 Å². The quantitative estimate of drug-likeness (QED) is 0.736. The van der Waals surface area contributed by atoms with E-state index in [2.05, 4.69) is 10.6 Å². The van der Waals surface area contributed by atoms with Gasteiger partial charge >= 0.3 is 11.8 Å². The summed E-state index contributed by atoms with van der Waals surface area (Å²) in [6.07, 6.45) is -0.337. The number of benzene rings is 2. The van der Waals surface area contributed by atoms with E-state index in [9.17, 15) is 19.1 Å². The number of carbonyl (C=O) groups excluding carboxylic acids is 2. The first-order valence-corrected chi connectivity index (χ1v) is 7.18. The Balaban J connectivity index is 1.67. The average Bonchev–Trinajstić information content (AvgIpc) is 2.85. The Hall–Kier alpha value is -2.73. The van der Waals surface area contributed by atoms with Crippen LogP contribution in [0.3, 0.4) is 0 Å². The predicted octanol–water partition coefficient (Wildman–Crippen LogP) is 1.54. The Labute approximate surface area is 132 Å². The van der Waals surface area contributed by atoms with Gasteiger partial charge in [0.05, 0.1) is 12.1 Å². The van der Waals surface area contributed by atoms with Crippen molar-refractivity contribution in [1.82, 2.24) is 5.32 Å². The summed E-state index contributed by atoms with van der Waals surface area (Å²) in [5.41, 5.74) is 2.08. The van der Waals surface area contributed by atoms with E-state index < -0.39 is 29.8 Å². The standard InChI is InChI=1S/C17H15FN2O3/c18-11-5-7-12(8-6-11)19-16(22)17(23)20-15-13-4-2-1-3-10(13)9-14(15)21/h1-8,14-15,21H,9H2,(H,19,22)(H,20,23). The van der Waals surface area contributed by atoms with Crippen LogP contribution in [0.1, 0.15) is 17.2 Å². The summed E-state index contributed by atoms with van der Waals surface area (Å²) in [6, 6.07) is 11.8.